The number of esters is 4. The number of para-hydroxylation sites is 1. The summed E-state index contributed by atoms with van der Waals surface area (Å²) < 4.78 is 32.3. The van der Waals surface area contributed by atoms with E-state index >= 15 is 0 Å². The van der Waals surface area contributed by atoms with Crippen molar-refractivity contribution in [3.05, 3.63) is 46.3 Å². The molecule has 0 unspecified atom stereocenters. The molecule has 5 atom stereocenters. The summed E-state index contributed by atoms with van der Waals surface area (Å²) in [6, 6.07) is 8.45. The Morgan fingerprint density at radius 3 is 1.97 bits per heavy atom. The fourth-order valence-corrected chi connectivity index (χ4v) is 3.74. The zero-order valence-electron chi connectivity index (χ0n) is 19.0. The molecular formula is C23H24O11. The summed E-state index contributed by atoms with van der Waals surface area (Å²) in [5.74, 6) is -3.06. The Morgan fingerprint density at radius 2 is 1.35 bits per heavy atom. The molecule has 1 fully saturated rings. The van der Waals surface area contributed by atoms with E-state index in [1.807, 2.05) is 0 Å². The molecule has 11 heteroatoms. The standard InChI is InChI=1S/C23H24O11/c1-11(24)29-19-18(10-16-9-15-7-5-6-8-17(15)33-22(16)28)34-23(32-14(4)27)21(31-13(3)26)20(19)30-12(2)25/h5-9,18-21,23H,10H2,1-4H3/t18-,19-,20+,21-,23+/m1/s1. The minimum Gasteiger partial charge on any atom is -0.456 e. The zero-order valence-corrected chi connectivity index (χ0v) is 19.0. The lowest BCUT2D eigenvalue weighted by molar-refractivity contribution is -0.295. The van der Waals surface area contributed by atoms with Crippen molar-refractivity contribution in [3.63, 3.8) is 0 Å². The van der Waals surface area contributed by atoms with Gasteiger partial charge in [-0.25, -0.2) is 4.79 Å². The van der Waals surface area contributed by atoms with Gasteiger partial charge in [-0.2, -0.15) is 0 Å². The van der Waals surface area contributed by atoms with Gasteiger partial charge in [0.05, 0.1) is 0 Å². The second-order valence-electron chi connectivity index (χ2n) is 7.68. The predicted octanol–water partition coefficient (Wildman–Crippen LogP) is 1.42. The molecule has 34 heavy (non-hydrogen) atoms. The van der Waals surface area contributed by atoms with E-state index in [0.29, 0.717) is 11.0 Å². The van der Waals surface area contributed by atoms with Crippen LogP contribution in [0.1, 0.15) is 33.3 Å². The molecule has 2 aromatic rings. The van der Waals surface area contributed by atoms with Crippen molar-refractivity contribution in [1.29, 1.82) is 0 Å². The summed E-state index contributed by atoms with van der Waals surface area (Å²) in [5.41, 5.74) is -0.100. The first-order chi connectivity index (χ1) is 16.0. The molecule has 1 aromatic heterocycles. The molecule has 1 aliphatic rings. The van der Waals surface area contributed by atoms with Crippen LogP contribution in [0.3, 0.4) is 0 Å². The van der Waals surface area contributed by atoms with Crippen LogP contribution in [-0.4, -0.2) is 54.6 Å². The summed E-state index contributed by atoms with van der Waals surface area (Å²) in [6.45, 7) is 4.45. The summed E-state index contributed by atoms with van der Waals surface area (Å²) in [4.78, 5) is 59.7. The van der Waals surface area contributed by atoms with Crippen LogP contribution < -0.4 is 5.63 Å². The second kappa shape index (κ2) is 10.5. The molecule has 0 N–H and O–H groups in total. The monoisotopic (exact) mass is 476 g/mol. The Morgan fingerprint density at radius 1 is 0.794 bits per heavy atom. The fourth-order valence-electron chi connectivity index (χ4n) is 3.74. The minimum absolute atomic E-state index is 0.159. The summed E-state index contributed by atoms with van der Waals surface area (Å²) in [5, 5.41) is 0.641. The van der Waals surface area contributed by atoms with Gasteiger partial charge in [-0.3, -0.25) is 19.2 Å². The number of hydrogen-bond acceptors (Lipinski definition) is 11. The quantitative estimate of drug-likeness (QED) is 0.339. The van der Waals surface area contributed by atoms with Gasteiger partial charge in [0.15, 0.2) is 12.2 Å². The van der Waals surface area contributed by atoms with Gasteiger partial charge in [0, 0.05) is 45.1 Å². The van der Waals surface area contributed by atoms with Crippen LogP contribution in [-0.2, 0) is 49.3 Å². The Kier molecular flexibility index (Phi) is 7.67. The first-order valence-corrected chi connectivity index (χ1v) is 10.4. The Balaban J connectivity index is 2.05. The maximum atomic E-state index is 12.6. The maximum absolute atomic E-state index is 12.6. The van der Waals surface area contributed by atoms with E-state index < -0.39 is 60.2 Å². The number of fused-ring (bicyclic) bond motifs is 1. The summed E-state index contributed by atoms with van der Waals surface area (Å²) in [6.07, 6.45) is -6.92. The van der Waals surface area contributed by atoms with Crippen molar-refractivity contribution >= 4 is 34.8 Å². The van der Waals surface area contributed by atoms with E-state index in [1.165, 1.54) is 0 Å². The molecule has 182 valence electrons. The van der Waals surface area contributed by atoms with Gasteiger partial charge in [-0.15, -0.1) is 0 Å². The summed E-state index contributed by atoms with van der Waals surface area (Å²) in [7, 11) is 0. The lowest BCUT2D eigenvalue weighted by atomic mass is 9.93. The SMILES string of the molecule is CC(=O)O[C@H]1O[C@H](Cc2cc3ccccc3oc2=O)[C@@H](OC(C)=O)[C@H](OC(C)=O)[C@H]1OC(C)=O. The molecule has 0 aliphatic carbocycles. The summed E-state index contributed by atoms with van der Waals surface area (Å²) >= 11 is 0. The van der Waals surface area contributed by atoms with Crippen molar-refractivity contribution in [2.24, 2.45) is 0 Å². The van der Waals surface area contributed by atoms with Crippen molar-refractivity contribution < 1.29 is 47.3 Å². The molecule has 1 aromatic carbocycles. The van der Waals surface area contributed by atoms with Crippen molar-refractivity contribution in [3.8, 4) is 0 Å². The van der Waals surface area contributed by atoms with Crippen LogP contribution >= 0.6 is 0 Å². The largest absolute Gasteiger partial charge is 0.456 e. The Hall–Kier alpha value is -3.73. The molecule has 0 bridgehead atoms. The van der Waals surface area contributed by atoms with Crippen LogP contribution in [0.4, 0.5) is 0 Å². The smallest absolute Gasteiger partial charge is 0.339 e. The van der Waals surface area contributed by atoms with Crippen LogP contribution in [0.25, 0.3) is 11.0 Å². The number of ether oxygens (including phenoxy) is 5. The molecule has 1 aliphatic heterocycles. The van der Waals surface area contributed by atoms with Gasteiger partial charge in [0.1, 0.15) is 11.7 Å². The molecule has 0 radical (unpaired) electrons. The molecule has 0 saturated carbocycles. The van der Waals surface area contributed by atoms with Crippen LogP contribution in [0.15, 0.2) is 39.5 Å². The highest BCUT2D eigenvalue weighted by atomic mass is 16.7. The third kappa shape index (κ3) is 5.98. The van der Waals surface area contributed by atoms with Crippen molar-refractivity contribution in [1.82, 2.24) is 0 Å². The average Bonchev–Trinajstić information content (AvgIpc) is 2.72. The van der Waals surface area contributed by atoms with E-state index in [-0.39, 0.29) is 12.0 Å². The lowest BCUT2D eigenvalue weighted by Gasteiger charge is -2.43. The molecule has 2 heterocycles. The molecule has 0 spiro atoms. The molecular weight excluding hydrogens is 452 g/mol. The van der Waals surface area contributed by atoms with E-state index in [4.69, 9.17) is 28.1 Å². The number of benzene rings is 1. The van der Waals surface area contributed by atoms with Crippen molar-refractivity contribution in [2.45, 2.75) is 64.8 Å². The van der Waals surface area contributed by atoms with Crippen LogP contribution in [0.5, 0.6) is 0 Å². The van der Waals surface area contributed by atoms with E-state index in [2.05, 4.69) is 0 Å². The van der Waals surface area contributed by atoms with Crippen LogP contribution in [0.2, 0.25) is 0 Å². The maximum Gasteiger partial charge on any atom is 0.339 e. The van der Waals surface area contributed by atoms with Gasteiger partial charge in [-0.05, 0) is 12.1 Å². The van der Waals surface area contributed by atoms with Gasteiger partial charge in [-0.1, -0.05) is 18.2 Å². The number of hydrogen-bond donors (Lipinski definition) is 0. The molecule has 0 amide bonds. The van der Waals surface area contributed by atoms with E-state index in [0.717, 1.165) is 27.7 Å². The zero-order chi connectivity index (χ0) is 25.0. The fraction of sp³-hybridized carbons (Fsp3) is 0.435. The number of carbonyl (C=O) groups excluding carboxylic acids is 4. The highest BCUT2D eigenvalue weighted by Crippen LogP contribution is 2.31. The van der Waals surface area contributed by atoms with Gasteiger partial charge >= 0.3 is 29.5 Å². The highest BCUT2D eigenvalue weighted by Gasteiger charge is 2.53. The highest BCUT2D eigenvalue weighted by molar-refractivity contribution is 5.76. The van der Waals surface area contributed by atoms with Crippen molar-refractivity contribution in [2.75, 3.05) is 0 Å². The Labute approximate surface area is 193 Å². The molecule has 1 saturated heterocycles. The molecule has 11 nitrogen and oxygen atoms in total. The number of carbonyl (C=O) groups is 4. The predicted molar refractivity (Wildman–Crippen MR) is 113 cm³/mol. The third-order valence-corrected chi connectivity index (χ3v) is 4.91. The minimum atomic E-state index is -1.50. The Bertz CT molecular complexity index is 1150. The van der Waals surface area contributed by atoms with Crippen LogP contribution in [0, 0.1) is 0 Å². The second-order valence-corrected chi connectivity index (χ2v) is 7.68. The first-order valence-electron chi connectivity index (χ1n) is 10.4. The first kappa shape index (κ1) is 24.9. The van der Waals surface area contributed by atoms with E-state index in [9.17, 15) is 24.0 Å². The topological polar surface area (TPSA) is 145 Å². The number of rotatable bonds is 6. The average molecular weight is 476 g/mol. The van der Waals surface area contributed by atoms with Gasteiger partial charge in [0.2, 0.25) is 12.4 Å². The van der Waals surface area contributed by atoms with E-state index in [1.54, 1.807) is 30.3 Å². The van der Waals surface area contributed by atoms with Gasteiger partial charge in [0.25, 0.3) is 0 Å². The molecule has 3 rings (SSSR count). The normalized spacial score (nSPS) is 24.2. The third-order valence-electron chi connectivity index (χ3n) is 4.91. The van der Waals surface area contributed by atoms with Gasteiger partial charge < -0.3 is 28.1 Å². The lowest BCUT2D eigenvalue weighted by Crippen LogP contribution is -2.62.